The molecule has 27 heavy (non-hydrogen) atoms. The van der Waals surface area contributed by atoms with E-state index in [2.05, 4.69) is 10.1 Å². The molecule has 1 aromatic heterocycles. The molecule has 0 spiro atoms. The van der Waals surface area contributed by atoms with Gasteiger partial charge >= 0.3 is 5.97 Å². The summed E-state index contributed by atoms with van der Waals surface area (Å²) in [4.78, 5) is 15.2. The van der Waals surface area contributed by atoms with Crippen molar-refractivity contribution in [1.82, 2.24) is 4.98 Å². The second kappa shape index (κ2) is 8.27. The van der Waals surface area contributed by atoms with Crippen LogP contribution < -0.4 is 0 Å². The number of hydrogen-bond donors (Lipinski definition) is 2. The van der Waals surface area contributed by atoms with E-state index in [1.165, 1.54) is 0 Å². The Morgan fingerprint density at radius 2 is 1.67 bits per heavy atom. The third kappa shape index (κ3) is 4.20. The molecule has 5 nitrogen and oxygen atoms in total. The number of nitrogens with zero attached hydrogens (tertiary/aromatic N) is 2. The van der Waals surface area contributed by atoms with Gasteiger partial charge in [0, 0.05) is 30.3 Å². The van der Waals surface area contributed by atoms with Crippen LogP contribution in [0.5, 0.6) is 0 Å². The van der Waals surface area contributed by atoms with Crippen LogP contribution in [-0.4, -0.2) is 27.0 Å². The second-order valence-corrected chi connectivity index (χ2v) is 6.32. The molecule has 0 saturated heterocycles. The van der Waals surface area contributed by atoms with Crippen molar-refractivity contribution in [2.24, 2.45) is 5.16 Å². The summed E-state index contributed by atoms with van der Waals surface area (Å²) in [5, 5.41) is 22.3. The number of pyridine rings is 1. The highest BCUT2D eigenvalue weighted by molar-refractivity contribution is 6.00. The summed E-state index contributed by atoms with van der Waals surface area (Å²) in [6.07, 6.45) is 3.79. The number of rotatable bonds is 6. The molecule has 2 aromatic carbocycles. The molecule has 0 fully saturated rings. The predicted molar refractivity (Wildman–Crippen MR) is 104 cm³/mol. The highest BCUT2D eigenvalue weighted by atomic mass is 16.4. The van der Waals surface area contributed by atoms with Crippen LogP contribution in [0.2, 0.25) is 0 Å². The van der Waals surface area contributed by atoms with Crippen molar-refractivity contribution in [2.75, 3.05) is 0 Å². The Balaban J connectivity index is 2.02. The van der Waals surface area contributed by atoms with Crippen molar-refractivity contribution in [2.45, 2.75) is 19.3 Å². The van der Waals surface area contributed by atoms with Crippen molar-refractivity contribution < 1.29 is 15.1 Å². The van der Waals surface area contributed by atoms with Crippen LogP contribution in [0.25, 0.3) is 0 Å². The van der Waals surface area contributed by atoms with Gasteiger partial charge in [-0.15, -0.1) is 0 Å². The van der Waals surface area contributed by atoms with E-state index in [4.69, 9.17) is 5.11 Å². The van der Waals surface area contributed by atoms with Crippen molar-refractivity contribution in [3.8, 4) is 0 Å². The van der Waals surface area contributed by atoms with Gasteiger partial charge in [-0.1, -0.05) is 41.6 Å². The van der Waals surface area contributed by atoms with E-state index in [0.717, 1.165) is 22.3 Å². The zero-order valence-electron chi connectivity index (χ0n) is 14.9. The Hall–Kier alpha value is -3.47. The number of aromatic nitrogens is 1. The van der Waals surface area contributed by atoms with E-state index in [1.54, 1.807) is 36.7 Å². The summed E-state index contributed by atoms with van der Waals surface area (Å²) in [6, 6.07) is 18.5. The van der Waals surface area contributed by atoms with Gasteiger partial charge in [0.15, 0.2) is 0 Å². The van der Waals surface area contributed by atoms with Crippen molar-refractivity contribution in [3.05, 3.63) is 101 Å². The number of carbonyl (C=O) groups is 1. The van der Waals surface area contributed by atoms with Crippen molar-refractivity contribution in [1.29, 1.82) is 0 Å². The smallest absolute Gasteiger partial charge is 0.335 e. The van der Waals surface area contributed by atoms with Gasteiger partial charge in [0.25, 0.3) is 0 Å². The molecule has 3 aromatic rings. The average molecular weight is 360 g/mol. The van der Waals surface area contributed by atoms with Crippen LogP contribution in [0.4, 0.5) is 0 Å². The van der Waals surface area contributed by atoms with Gasteiger partial charge in [-0.05, 0) is 47.9 Å². The molecule has 1 heterocycles. The highest BCUT2D eigenvalue weighted by Gasteiger charge is 2.20. The van der Waals surface area contributed by atoms with Crippen molar-refractivity contribution in [3.63, 3.8) is 0 Å². The minimum Gasteiger partial charge on any atom is -0.478 e. The summed E-state index contributed by atoms with van der Waals surface area (Å²) in [5.41, 5.74) is 4.78. The number of aryl methyl sites for hydroxylation is 1. The largest absolute Gasteiger partial charge is 0.478 e. The van der Waals surface area contributed by atoms with Gasteiger partial charge in [-0.25, -0.2) is 4.79 Å². The fraction of sp³-hybridized carbons (Fsp3) is 0.136. The zero-order valence-corrected chi connectivity index (χ0v) is 14.9. The summed E-state index contributed by atoms with van der Waals surface area (Å²) >= 11 is 0. The fourth-order valence-corrected chi connectivity index (χ4v) is 3.20. The molecule has 0 amide bonds. The van der Waals surface area contributed by atoms with E-state index in [1.807, 2.05) is 43.3 Å². The molecule has 5 heteroatoms. The molecule has 0 aliphatic rings. The summed E-state index contributed by atoms with van der Waals surface area (Å²) < 4.78 is 0. The molecular formula is C22H20N2O3. The quantitative estimate of drug-likeness (QED) is 0.385. The SMILES string of the molecule is Cc1ccccc1C(CC(=NO)c1ccncc1)c1ccc(C(=O)O)cc1. The van der Waals surface area contributed by atoms with Crippen LogP contribution in [0.3, 0.4) is 0 Å². The minimum absolute atomic E-state index is 0.0758. The molecule has 0 radical (unpaired) electrons. The third-order valence-corrected chi connectivity index (χ3v) is 4.66. The molecule has 0 aliphatic carbocycles. The van der Waals surface area contributed by atoms with Crippen LogP contribution >= 0.6 is 0 Å². The molecule has 0 aliphatic heterocycles. The first-order valence-corrected chi connectivity index (χ1v) is 8.60. The van der Waals surface area contributed by atoms with Crippen LogP contribution in [0.1, 0.15) is 45.0 Å². The standard InChI is InChI=1S/C22H20N2O3/c1-15-4-2-3-5-19(15)20(16-6-8-18(9-7-16)22(25)26)14-21(24-27)17-10-12-23-13-11-17/h2-13,20,27H,14H2,1H3,(H,25,26). The molecule has 1 unspecified atom stereocenters. The first-order chi connectivity index (χ1) is 13.1. The zero-order chi connectivity index (χ0) is 19.2. The lowest BCUT2D eigenvalue weighted by Crippen LogP contribution is -2.12. The third-order valence-electron chi connectivity index (χ3n) is 4.66. The number of oxime groups is 1. The van der Waals surface area contributed by atoms with Crippen molar-refractivity contribution >= 4 is 11.7 Å². The number of aromatic carboxylic acids is 1. The van der Waals surface area contributed by atoms with E-state index in [-0.39, 0.29) is 11.5 Å². The van der Waals surface area contributed by atoms with Crippen LogP contribution in [0, 0.1) is 6.92 Å². The van der Waals surface area contributed by atoms with E-state index in [9.17, 15) is 10.0 Å². The number of benzene rings is 2. The van der Waals surface area contributed by atoms with E-state index < -0.39 is 5.97 Å². The monoisotopic (exact) mass is 360 g/mol. The molecule has 0 saturated carbocycles. The molecule has 3 rings (SSSR count). The number of hydrogen-bond acceptors (Lipinski definition) is 4. The van der Waals surface area contributed by atoms with Crippen LogP contribution in [0.15, 0.2) is 78.2 Å². The Labute approximate surface area is 157 Å². The Morgan fingerprint density at radius 1 is 1.00 bits per heavy atom. The van der Waals surface area contributed by atoms with Crippen LogP contribution in [-0.2, 0) is 0 Å². The predicted octanol–water partition coefficient (Wildman–Crippen LogP) is 4.49. The first-order valence-electron chi connectivity index (χ1n) is 8.60. The lowest BCUT2D eigenvalue weighted by Gasteiger charge is -2.21. The lowest BCUT2D eigenvalue weighted by molar-refractivity contribution is 0.0697. The Morgan fingerprint density at radius 3 is 2.26 bits per heavy atom. The topological polar surface area (TPSA) is 82.8 Å². The summed E-state index contributed by atoms with van der Waals surface area (Å²) in [5.74, 6) is -1.03. The van der Waals surface area contributed by atoms with Gasteiger partial charge in [0.2, 0.25) is 0 Å². The molecular weight excluding hydrogens is 340 g/mol. The number of carboxylic acids is 1. The van der Waals surface area contributed by atoms with E-state index >= 15 is 0 Å². The fourth-order valence-electron chi connectivity index (χ4n) is 3.20. The van der Waals surface area contributed by atoms with Gasteiger partial charge in [0.05, 0.1) is 11.3 Å². The Bertz CT molecular complexity index is 951. The normalized spacial score (nSPS) is 12.6. The Kier molecular flexibility index (Phi) is 5.61. The van der Waals surface area contributed by atoms with Gasteiger partial charge in [0.1, 0.15) is 0 Å². The van der Waals surface area contributed by atoms with Gasteiger partial charge in [-0.3, -0.25) is 4.98 Å². The van der Waals surface area contributed by atoms with Gasteiger partial charge < -0.3 is 10.3 Å². The maximum Gasteiger partial charge on any atom is 0.335 e. The van der Waals surface area contributed by atoms with E-state index in [0.29, 0.717) is 12.1 Å². The molecule has 136 valence electrons. The molecule has 2 N–H and O–H groups in total. The summed E-state index contributed by atoms with van der Waals surface area (Å²) in [6.45, 7) is 2.04. The van der Waals surface area contributed by atoms with Gasteiger partial charge in [-0.2, -0.15) is 0 Å². The number of carboxylic acid groups (broad SMARTS) is 1. The maximum absolute atomic E-state index is 11.2. The molecule has 1 atom stereocenters. The second-order valence-electron chi connectivity index (χ2n) is 6.32. The molecule has 0 bridgehead atoms. The summed E-state index contributed by atoms with van der Waals surface area (Å²) in [7, 11) is 0. The maximum atomic E-state index is 11.2. The highest BCUT2D eigenvalue weighted by Crippen LogP contribution is 2.32. The minimum atomic E-state index is -0.955. The first kappa shape index (κ1) is 18.3. The average Bonchev–Trinajstić information content (AvgIpc) is 2.70. The lowest BCUT2D eigenvalue weighted by atomic mass is 9.83.